The molecule has 1 aromatic carbocycles. The van der Waals surface area contributed by atoms with E-state index in [4.69, 9.17) is 11.6 Å². The van der Waals surface area contributed by atoms with Gasteiger partial charge >= 0.3 is 0 Å². The van der Waals surface area contributed by atoms with E-state index < -0.39 is 15.9 Å². The van der Waals surface area contributed by atoms with Crippen LogP contribution in [0.25, 0.3) is 0 Å². The minimum absolute atomic E-state index is 0.201. The van der Waals surface area contributed by atoms with Gasteiger partial charge in [0.15, 0.2) is 11.0 Å². The van der Waals surface area contributed by atoms with Crippen LogP contribution in [0.2, 0.25) is 5.15 Å². The molecule has 1 heterocycles. The average Bonchev–Trinajstić information content (AvgIpc) is 2.48. The predicted molar refractivity (Wildman–Crippen MR) is 84.7 cm³/mol. The molecule has 0 spiro atoms. The third-order valence-electron chi connectivity index (χ3n) is 2.86. The Morgan fingerprint density at radius 1 is 1.18 bits per heavy atom. The lowest BCUT2D eigenvalue weighted by atomic mass is 10.1. The van der Waals surface area contributed by atoms with Gasteiger partial charge in [-0.1, -0.05) is 23.7 Å². The normalized spacial score (nSPS) is 11.0. The first-order valence-electron chi connectivity index (χ1n) is 6.12. The number of anilines is 2. The summed E-state index contributed by atoms with van der Waals surface area (Å²) in [5, 5.41) is 10.1. The smallest absolute Gasteiger partial charge is 0.259 e. The minimum Gasteiger partial charge on any atom is -0.305 e. The molecule has 1 aromatic heterocycles. The van der Waals surface area contributed by atoms with Gasteiger partial charge in [-0.15, -0.1) is 10.2 Å². The molecule has 0 saturated carbocycles. The molecular weight excluding hydrogens is 328 g/mol. The molecule has 0 bridgehead atoms. The van der Waals surface area contributed by atoms with Crippen molar-refractivity contribution in [3.63, 3.8) is 0 Å². The molecule has 7 nitrogen and oxygen atoms in total. The van der Waals surface area contributed by atoms with Crippen molar-refractivity contribution in [3.8, 4) is 0 Å². The molecule has 1 N–H and O–H groups in total. The first kappa shape index (κ1) is 16.2. The van der Waals surface area contributed by atoms with E-state index in [9.17, 15) is 13.2 Å². The molecule has 0 aliphatic heterocycles. The van der Waals surface area contributed by atoms with E-state index in [2.05, 4.69) is 15.5 Å². The van der Waals surface area contributed by atoms with Crippen LogP contribution >= 0.6 is 11.6 Å². The van der Waals surface area contributed by atoms with Gasteiger partial charge in [0.25, 0.3) is 5.91 Å². The predicted octanol–water partition coefficient (Wildman–Crippen LogP) is 1.78. The van der Waals surface area contributed by atoms with E-state index >= 15 is 0 Å². The monoisotopic (exact) mass is 340 g/mol. The Labute approximate surface area is 133 Å². The van der Waals surface area contributed by atoms with E-state index in [1.807, 2.05) is 0 Å². The average molecular weight is 341 g/mol. The molecule has 1 amide bonds. The van der Waals surface area contributed by atoms with E-state index in [1.165, 1.54) is 25.2 Å². The van der Waals surface area contributed by atoms with Crippen molar-refractivity contribution in [1.82, 2.24) is 10.2 Å². The van der Waals surface area contributed by atoms with Crippen LogP contribution in [-0.4, -0.2) is 37.8 Å². The molecular formula is C13H13ClN4O3S. The third kappa shape index (κ3) is 3.71. The van der Waals surface area contributed by atoms with Crippen LogP contribution in [0.15, 0.2) is 36.4 Å². The highest BCUT2D eigenvalue weighted by atomic mass is 35.5. The van der Waals surface area contributed by atoms with Gasteiger partial charge in [-0.25, -0.2) is 8.42 Å². The highest BCUT2D eigenvalue weighted by molar-refractivity contribution is 7.92. The second-order valence-corrected chi connectivity index (χ2v) is 6.84. The van der Waals surface area contributed by atoms with Gasteiger partial charge in [-0.05, 0) is 24.3 Å². The lowest BCUT2D eigenvalue weighted by Gasteiger charge is -2.19. The maximum Gasteiger partial charge on any atom is 0.259 e. The molecule has 116 valence electrons. The van der Waals surface area contributed by atoms with Gasteiger partial charge in [0.2, 0.25) is 10.0 Å². The maximum absolute atomic E-state index is 12.3. The zero-order valence-corrected chi connectivity index (χ0v) is 13.4. The number of hydrogen-bond donors (Lipinski definition) is 1. The minimum atomic E-state index is -3.48. The number of aromatic nitrogens is 2. The summed E-state index contributed by atoms with van der Waals surface area (Å²) in [4.78, 5) is 12.3. The summed E-state index contributed by atoms with van der Waals surface area (Å²) in [5.74, 6) is -0.283. The Balaban J connectivity index is 2.32. The fourth-order valence-corrected chi connectivity index (χ4v) is 2.30. The van der Waals surface area contributed by atoms with E-state index in [0.29, 0.717) is 0 Å². The Morgan fingerprint density at radius 3 is 2.45 bits per heavy atom. The van der Waals surface area contributed by atoms with Crippen molar-refractivity contribution in [3.05, 3.63) is 47.1 Å². The summed E-state index contributed by atoms with van der Waals surface area (Å²) in [6.45, 7) is 0. The molecule has 0 unspecified atom stereocenters. The van der Waals surface area contributed by atoms with Gasteiger partial charge < -0.3 is 5.32 Å². The fraction of sp³-hybridized carbons (Fsp3) is 0.154. The van der Waals surface area contributed by atoms with E-state index in [-0.39, 0.29) is 22.2 Å². The Bertz CT molecular complexity index is 793. The lowest BCUT2D eigenvalue weighted by molar-refractivity contribution is 0.102. The Morgan fingerprint density at radius 2 is 1.86 bits per heavy atom. The summed E-state index contributed by atoms with van der Waals surface area (Å²) in [7, 11) is -2.10. The van der Waals surface area contributed by atoms with Crippen molar-refractivity contribution < 1.29 is 13.2 Å². The molecule has 2 rings (SSSR count). The molecule has 0 aliphatic rings. The number of carbonyl (C=O) groups excluding carboxylic acids is 1. The molecule has 22 heavy (non-hydrogen) atoms. The molecule has 0 radical (unpaired) electrons. The Hall–Kier alpha value is -2.19. The molecule has 0 aliphatic carbocycles. The third-order valence-corrected chi connectivity index (χ3v) is 4.25. The number of amides is 1. The number of sulfonamides is 1. The standard InChI is InChI=1S/C13H13ClN4O3S/c1-18(22(2,20)21)10-6-4-3-5-9(10)13(19)15-12-8-7-11(14)16-17-12/h3-8H,1-2H3,(H,15,17,19). The zero-order valence-electron chi connectivity index (χ0n) is 11.8. The van der Waals surface area contributed by atoms with Gasteiger partial charge in [-0.3, -0.25) is 9.10 Å². The molecule has 0 saturated heterocycles. The zero-order chi connectivity index (χ0) is 16.3. The van der Waals surface area contributed by atoms with Gasteiger partial charge in [-0.2, -0.15) is 0 Å². The second kappa shape index (κ2) is 6.29. The second-order valence-electron chi connectivity index (χ2n) is 4.44. The van der Waals surface area contributed by atoms with Crippen molar-refractivity contribution in [2.24, 2.45) is 0 Å². The highest BCUT2D eigenvalue weighted by Gasteiger charge is 2.19. The lowest BCUT2D eigenvalue weighted by Crippen LogP contribution is -2.27. The molecule has 2 aromatic rings. The summed E-state index contributed by atoms with van der Waals surface area (Å²) in [6.07, 6.45) is 1.06. The molecule has 0 fully saturated rings. The molecule has 0 atom stereocenters. The van der Waals surface area contributed by atoms with Crippen LogP contribution in [-0.2, 0) is 10.0 Å². The van der Waals surface area contributed by atoms with Crippen LogP contribution < -0.4 is 9.62 Å². The van der Waals surface area contributed by atoms with Crippen molar-refractivity contribution in [2.45, 2.75) is 0 Å². The van der Waals surface area contributed by atoms with Gasteiger partial charge in [0.05, 0.1) is 17.5 Å². The van der Waals surface area contributed by atoms with Gasteiger partial charge in [0.1, 0.15) is 0 Å². The van der Waals surface area contributed by atoms with Crippen molar-refractivity contribution in [2.75, 3.05) is 22.9 Å². The Kier molecular flexibility index (Phi) is 4.62. The summed E-state index contributed by atoms with van der Waals surface area (Å²) in [5.41, 5.74) is 0.469. The quantitative estimate of drug-likeness (QED) is 0.915. The summed E-state index contributed by atoms with van der Waals surface area (Å²) < 4.78 is 24.4. The van der Waals surface area contributed by atoms with E-state index in [0.717, 1.165) is 10.6 Å². The number of carbonyl (C=O) groups is 1. The first-order valence-corrected chi connectivity index (χ1v) is 8.35. The highest BCUT2D eigenvalue weighted by Crippen LogP contribution is 2.22. The number of rotatable bonds is 4. The number of para-hydroxylation sites is 1. The molecule has 9 heteroatoms. The van der Waals surface area contributed by atoms with E-state index in [1.54, 1.807) is 18.2 Å². The summed E-state index contributed by atoms with van der Waals surface area (Å²) in [6, 6.07) is 9.34. The van der Waals surface area contributed by atoms with Crippen molar-refractivity contribution >= 4 is 39.0 Å². The number of halogens is 1. The number of hydrogen-bond acceptors (Lipinski definition) is 5. The maximum atomic E-state index is 12.3. The fourth-order valence-electron chi connectivity index (χ4n) is 1.69. The number of nitrogens with one attached hydrogen (secondary N) is 1. The number of nitrogens with zero attached hydrogens (tertiary/aromatic N) is 3. The first-order chi connectivity index (χ1) is 10.3. The largest absolute Gasteiger partial charge is 0.305 e. The summed E-state index contributed by atoms with van der Waals surface area (Å²) >= 11 is 5.62. The van der Waals surface area contributed by atoms with Crippen LogP contribution in [0, 0.1) is 0 Å². The van der Waals surface area contributed by atoms with Crippen LogP contribution in [0.5, 0.6) is 0 Å². The SMILES string of the molecule is CN(c1ccccc1C(=O)Nc1ccc(Cl)nn1)S(C)(=O)=O. The number of benzene rings is 1. The van der Waals surface area contributed by atoms with Gasteiger partial charge in [0, 0.05) is 7.05 Å². The van der Waals surface area contributed by atoms with Crippen LogP contribution in [0.4, 0.5) is 11.5 Å². The topological polar surface area (TPSA) is 92.3 Å². The van der Waals surface area contributed by atoms with Crippen LogP contribution in [0.3, 0.4) is 0 Å². The van der Waals surface area contributed by atoms with Crippen LogP contribution in [0.1, 0.15) is 10.4 Å². The van der Waals surface area contributed by atoms with Crippen molar-refractivity contribution in [1.29, 1.82) is 0 Å².